The van der Waals surface area contributed by atoms with E-state index in [1.165, 1.54) is 4.90 Å². The van der Waals surface area contributed by atoms with Gasteiger partial charge in [-0.15, -0.1) is 0 Å². The minimum atomic E-state index is -2.15. The second-order valence-electron chi connectivity index (χ2n) is 6.53. The van der Waals surface area contributed by atoms with E-state index in [1.54, 1.807) is 14.0 Å². The van der Waals surface area contributed by atoms with Gasteiger partial charge in [0.05, 0.1) is 25.4 Å². The van der Waals surface area contributed by atoms with Crippen LogP contribution >= 0.6 is 0 Å². The summed E-state index contributed by atoms with van der Waals surface area (Å²) in [4.78, 5) is 26.8. The average molecular weight is 329 g/mol. The number of hydrogen-bond donors (Lipinski definition) is 2. The Bertz CT molecular complexity index is 440. The van der Waals surface area contributed by atoms with E-state index in [1.807, 2.05) is 0 Å². The second kappa shape index (κ2) is 7.70. The molecule has 0 aromatic carbocycles. The summed E-state index contributed by atoms with van der Waals surface area (Å²) in [6.07, 6.45) is 3.04. The number of aliphatic hydroxyl groups is 2. The van der Waals surface area contributed by atoms with E-state index in [0.29, 0.717) is 26.0 Å². The Kier molecular flexibility index (Phi) is 6.13. The molecule has 132 valence electrons. The highest BCUT2D eigenvalue weighted by molar-refractivity contribution is 6.38. The number of likely N-dealkylation sites (tertiary alicyclic amines) is 1. The molecule has 2 N–H and O–H groups in total. The minimum Gasteiger partial charge on any atom is -0.394 e. The van der Waals surface area contributed by atoms with Crippen LogP contribution in [-0.4, -0.2) is 71.6 Å². The van der Waals surface area contributed by atoms with Crippen molar-refractivity contribution in [3.05, 3.63) is 0 Å². The van der Waals surface area contributed by atoms with Crippen LogP contribution in [0.1, 0.15) is 39.0 Å². The number of ether oxygens (including phenoxy) is 2. The van der Waals surface area contributed by atoms with Crippen molar-refractivity contribution in [2.75, 3.05) is 26.9 Å². The topological polar surface area (TPSA) is 96.3 Å². The smallest absolute Gasteiger partial charge is 0.296 e. The summed E-state index contributed by atoms with van der Waals surface area (Å²) in [5.74, 6) is -4.31. The van der Waals surface area contributed by atoms with Gasteiger partial charge in [-0.3, -0.25) is 9.59 Å². The van der Waals surface area contributed by atoms with Gasteiger partial charge in [-0.1, -0.05) is 6.92 Å². The van der Waals surface area contributed by atoms with Gasteiger partial charge >= 0.3 is 0 Å². The summed E-state index contributed by atoms with van der Waals surface area (Å²) in [5, 5.41) is 19.9. The number of nitrogens with zero attached hydrogens (tertiary/aromatic N) is 1. The van der Waals surface area contributed by atoms with Gasteiger partial charge in [0.15, 0.2) is 0 Å². The number of hydrogen-bond acceptors (Lipinski definition) is 6. The van der Waals surface area contributed by atoms with Crippen LogP contribution < -0.4 is 0 Å². The molecule has 2 aliphatic heterocycles. The van der Waals surface area contributed by atoms with Gasteiger partial charge in [0, 0.05) is 19.6 Å². The lowest BCUT2D eigenvalue weighted by molar-refractivity contribution is -0.267. The lowest BCUT2D eigenvalue weighted by atomic mass is 9.86. The number of piperidine rings is 1. The Morgan fingerprint density at radius 2 is 2.04 bits per heavy atom. The minimum absolute atomic E-state index is 0.152. The molecule has 0 saturated carbocycles. The van der Waals surface area contributed by atoms with Crippen LogP contribution in [0.2, 0.25) is 0 Å². The third-order valence-corrected chi connectivity index (χ3v) is 4.91. The van der Waals surface area contributed by atoms with Crippen LogP contribution in [0.3, 0.4) is 0 Å². The van der Waals surface area contributed by atoms with Crippen molar-refractivity contribution in [2.24, 2.45) is 5.92 Å². The van der Waals surface area contributed by atoms with Crippen molar-refractivity contribution < 1.29 is 29.3 Å². The molecule has 7 heteroatoms. The maximum absolute atomic E-state index is 12.7. The van der Waals surface area contributed by atoms with Gasteiger partial charge in [-0.05, 0) is 32.1 Å². The monoisotopic (exact) mass is 329 g/mol. The molecule has 4 atom stereocenters. The van der Waals surface area contributed by atoms with Gasteiger partial charge < -0.3 is 24.6 Å². The summed E-state index contributed by atoms with van der Waals surface area (Å²) in [7, 11) is 1.56. The summed E-state index contributed by atoms with van der Waals surface area (Å²) in [5.41, 5.74) is 0. The van der Waals surface area contributed by atoms with E-state index in [0.717, 1.165) is 19.3 Å². The van der Waals surface area contributed by atoms with Crippen molar-refractivity contribution in [2.45, 2.75) is 57.0 Å². The summed E-state index contributed by atoms with van der Waals surface area (Å²) < 4.78 is 10.5. The highest BCUT2D eigenvalue weighted by atomic mass is 16.6. The first-order valence-electron chi connectivity index (χ1n) is 8.29. The zero-order chi connectivity index (χ0) is 17.0. The molecule has 2 aliphatic rings. The third kappa shape index (κ3) is 3.74. The molecule has 0 aromatic rings. The zero-order valence-corrected chi connectivity index (χ0v) is 13.9. The molecule has 0 aromatic heterocycles. The van der Waals surface area contributed by atoms with E-state index in [4.69, 9.17) is 9.47 Å². The van der Waals surface area contributed by atoms with Crippen LogP contribution in [0.25, 0.3) is 0 Å². The van der Waals surface area contributed by atoms with Crippen LogP contribution in [0, 0.1) is 5.92 Å². The highest BCUT2D eigenvalue weighted by Crippen LogP contribution is 2.34. The van der Waals surface area contributed by atoms with E-state index in [-0.39, 0.29) is 12.6 Å². The van der Waals surface area contributed by atoms with E-state index in [2.05, 4.69) is 0 Å². The number of aliphatic hydroxyl groups excluding tert-OH is 1. The lowest BCUT2D eigenvalue weighted by Crippen LogP contribution is -2.60. The summed E-state index contributed by atoms with van der Waals surface area (Å²) >= 11 is 0. The Morgan fingerprint density at radius 3 is 2.70 bits per heavy atom. The van der Waals surface area contributed by atoms with Gasteiger partial charge in [0.25, 0.3) is 11.7 Å². The fourth-order valence-electron chi connectivity index (χ4n) is 3.38. The summed E-state index contributed by atoms with van der Waals surface area (Å²) in [6.45, 7) is 2.24. The average Bonchev–Trinajstić information content (AvgIpc) is 2.57. The second-order valence-corrected chi connectivity index (χ2v) is 6.53. The highest BCUT2D eigenvalue weighted by Gasteiger charge is 2.51. The largest absolute Gasteiger partial charge is 0.394 e. The first-order valence-corrected chi connectivity index (χ1v) is 8.29. The van der Waals surface area contributed by atoms with Gasteiger partial charge in [0.1, 0.15) is 0 Å². The SMILES string of the molecule is COC[C@@H]1CCCCN1C(=O)C(=O)[C@]1(O)O[C@H](CO)CC[C@H]1C. The number of rotatable bonds is 5. The predicted molar refractivity (Wildman–Crippen MR) is 81.5 cm³/mol. The maximum atomic E-state index is 12.7. The van der Waals surface area contributed by atoms with Crippen molar-refractivity contribution >= 4 is 11.7 Å². The molecule has 0 spiro atoms. The maximum Gasteiger partial charge on any atom is 0.296 e. The number of amides is 1. The molecule has 1 amide bonds. The van der Waals surface area contributed by atoms with Crippen molar-refractivity contribution in [1.29, 1.82) is 0 Å². The molecule has 0 radical (unpaired) electrons. The molecule has 23 heavy (non-hydrogen) atoms. The molecule has 0 unspecified atom stereocenters. The fraction of sp³-hybridized carbons (Fsp3) is 0.875. The number of carbonyl (C=O) groups excluding carboxylic acids is 2. The van der Waals surface area contributed by atoms with Crippen molar-refractivity contribution in [3.63, 3.8) is 0 Å². The van der Waals surface area contributed by atoms with Crippen LogP contribution in [0.5, 0.6) is 0 Å². The third-order valence-electron chi connectivity index (χ3n) is 4.91. The Morgan fingerprint density at radius 1 is 1.30 bits per heavy atom. The molecule has 0 aliphatic carbocycles. The summed E-state index contributed by atoms with van der Waals surface area (Å²) in [6, 6.07) is -0.152. The molecule has 2 rings (SSSR count). The molecular formula is C16H27NO6. The molecule has 2 saturated heterocycles. The first kappa shape index (κ1) is 18.3. The number of ketones is 1. The zero-order valence-electron chi connectivity index (χ0n) is 13.9. The van der Waals surface area contributed by atoms with E-state index < -0.39 is 29.5 Å². The van der Waals surface area contributed by atoms with Crippen LogP contribution in [0.15, 0.2) is 0 Å². The lowest BCUT2D eigenvalue weighted by Gasteiger charge is -2.42. The Hall–Kier alpha value is -1.02. The Balaban J connectivity index is 2.14. The van der Waals surface area contributed by atoms with E-state index >= 15 is 0 Å². The van der Waals surface area contributed by atoms with Crippen molar-refractivity contribution in [1.82, 2.24) is 4.90 Å². The van der Waals surface area contributed by atoms with Crippen molar-refractivity contribution in [3.8, 4) is 0 Å². The normalized spacial score (nSPS) is 35.1. The number of Topliss-reactive ketones (excluding diaryl/α,β-unsaturated/α-hetero) is 1. The quantitative estimate of drug-likeness (QED) is 0.694. The predicted octanol–water partition coefficient (Wildman–Crippen LogP) is 0.0790. The van der Waals surface area contributed by atoms with Crippen LogP contribution in [0.4, 0.5) is 0 Å². The molecule has 0 bridgehead atoms. The number of methoxy groups -OCH3 is 1. The number of carbonyl (C=O) groups is 2. The Labute approximate surface area is 136 Å². The fourth-order valence-corrected chi connectivity index (χ4v) is 3.38. The first-order chi connectivity index (χ1) is 10.9. The van der Waals surface area contributed by atoms with Gasteiger partial charge in [-0.2, -0.15) is 0 Å². The molecule has 2 heterocycles. The molecular weight excluding hydrogens is 302 g/mol. The van der Waals surface area contributed by atoms with Crippen LogP contribution in [-0.2, 0) is 19.1 Å². The standard InChI is InChI=1S/C16H27NO6/c1-11-6-7-13(9-18)23-16(11,21)14(19)15(20)17-8-4-3-5-12(17)10-22-2/h11-13,18,21H,3-10H2,1-2H3/t11-,12+,13+,16-/m1/s1. The van der Waals surface area contributed by atoms with E-state index in [9.17, 15) is 19.8 Å². The molecule has 7 nitrogen and oxygen atoms in total. The molecule has 2 fully saturated rings. The van der Waals surface area contributed by atoms with Gasteiger partial charge in [-0.25, -0.2) is 0 Å². The van der Waals surface area contributed by atoms with Gasteiger partial charge in [0.2, 0.25) is 5.79 Å².